The first-order chi connectivity index (χ1) is 12.8. The summed E-state index contributed by atoms with van der Waals surface area (Å²) in [5.41, 5.74) is 1.32. The SMILES string of the molecule is O=C(CCC[C@@H]1NC[C@@H]2CNC[C@H]1C2)NCCc1nc2c(s1)CCCC2. The van der Waals surface area contributed by atoms with E-state index in [1.54, 1.807) is 0 Å². The van der Waals surface area contributed by atoms with Gasteiger partial charge in [-0.1, -0.05) is 0 Å². The van der Waals surface area contributed by atoms with Gasteiger partial charge < -0.3 is 16.0 Å². The number of aromatic nitrogens is 1. The van der Waals surface area contributed by atoms with Crippen molar-refractivity contribution in [2.75, 3.05) is 26.2 Å². The number of hydrogen-bond acceptors (Lipinski definition) is 5. The van der Waals surface area contributed by atoms with Crippen molar-refractivity contribution in [1.82, 2.24) is 20.9 Å². The van der Waals surface area contributed by atoms with Crippen molar-refractivity contribution >= 4 is 17.2 Å². The second-order valence-electron chi connectivity index (χ2n) is 8.21. The Bertz CT molecular complexity index is 593. The predicted octanol–water partition coefficient (Wildman–Crippen LogP) is 2.05. The normalized spacial score (nSPS) is 27.8. The second-order valence-corrected chi connectivity index (χ2v) is 9.38. The summed E-state index contributed by atoms with van der Waals surface area (Å²) in [6.45, 7) is 4.16. The van der Waals surface area contributed by atoms with E-state index in [4.69, 9.17) is 4.98 Å². The lowest BCUT2D eigenvalue weighted by Gasteiger charge is -2.41. The van der Waals surface area contributed by atoms with Gasteiger partial charge in [0.2, 0.25) is 5.91 Å². The zero-order valence-corrected chi connectivity index (χ0v) is 16.5. The summed E-state index contributed by atoms with van der Waals surface area (Å²) >= 11 is 1.86. The van der Waals surface area contributed by atoms with Crippen LogP contribution in [0.4, 0.5) is 0 Å². The number of thiazole rings is 1. The smallest absolute Gasteiger partial charge is 0.220 e. The molecule has 1 aromatic heterocycles. The molecule has 3 aliphatic rings. The third-order valence-corrected chi connectivity index (χ3v) is 7.40. The van der Waals surface area contributed by atoms with Crippen molar-refractivity contribution in [3.63, 3.8) is 0 Å². The standard InChI is InChI=1S/C20H32N4OS/c25-19(7-3-5-16-15-10-14(12-23-16)11-21-13-15)22-9-8-20-24-17-4-1-2-6-18(17)26-20/h14-16,21,23H,1-13H2,(H,22,25)/t14-,15+,16-/m0/s1. The number of nitrogens with zero attached hydrogens (tertiary/aromatic N) is 1. The molecule has 3 heterocycles. The van der Waals surface area contributed by atoms with Crippen LogP contribution in [0.5, 0.6) is 0 Å². The maximum absolute atomic E-state index is 12.1. The first-order valence-electron chi connectivity index (χ1n) is 10.5. The fraction of sp³-hybridized carbons (Fsp3) is 0.800. The average Bonchev–Trinajstić information content (AvgIpc) is 3.07. The monoisotopic (exact) mass is 376 g/mol. The Kier molecular flexibility index (Phi) is 6.23. The minimum Gasteiger partial charge on any atom is -0.356 e. The lowest BCUT2D eigenvalue weighted by atomic mass is 9.80. The van der Waals surface area contributed by atoms with Crippen molar-refractivity contribution in [2.24, 2.45) is 11.8 Å². The molecule has 3 N–H and O–H groups in total. The van der Waals surface area contributed by atoms with Crippen LogP contribution in [0.2, 0.25) is 0 Å². The molecule has 2 bridgehead atoms. The minimum atomic E-state index is 0.196. The molecule has 2 fully saturated rings. The molecular formula is C20H32N4OS. The molecule has 1 aliphatic carbocycles. The van der Waals surface area contributed by atoms with Gasteiger partial charge in [0.05, 0.1) is 10.7 Å². The topological polar surface area (TPSA) is 66.1 Å². The largest absolute Gasteiger partial charge is 0.356 e. The molecule has 0 saturated carbocycles. The van der Waals surface area contributed by atoms with E-state index in [1.165, 1.54) is 47.8 Å². The number of rotatable bonds is 7. The van der Waals surface area contributed by atoms with Crippen molar-refractivity contribution in [2.45, 2.75) is 63.8 Å². The number of carbonyl (C=O) groups is 1. The highest BCUT2D eigenvalue weighted by Gasteiger charge is 2.32. The Morgan fingerprint density at radius 2 is 2.15 bits per heavy atom. The predicted molar refractivity (Wildman–Crippen MR) is 106 cm³/mol. The molecule has 1 amide bonds. The van der Waals surface area contributed by atoms with E-state index in [0.717, 1.165) is 57.2 Å². The van der Waals surface area contributed by atoms with Crippen molar-refractivity contribution in [1.29, 1.82) is 0 Å². The summed E-state index contributed by atoms with van der Waals surface area (Å²) in [5, 5.41) is 11.5. The van der Waals surface area contributed by atoms with Crippen LogP contribution in [-0.4, -0.2) is 43.1 Å². The molecule has 4 rings (SSSR count). The Balaban J connectivity index is 1.12. The van der Waals surface area contributed by atoms with Gasteiger partial charge in [-0.15, -0.1) is 11.3 Å². The first-order valence-corrected chi connectivity index (χ1v) is 11.3. The van der Waals surface area contributed by atoms with E-state index in [1.807, 2.05) is 11.3 Å². The lowest BCUT2D eigenvalue weighted by Crippen LogP contribution is -2.54. The molecule has 26 heavy (non-hydrogen) atoms. The number of nitrogens with one attached hydrogen (secondary N) is 3. The van der Waals surface area contributed by atoms with Crippen LogP contribution in [0.25, 0.3) is 0 Å². The third kappa shape index (κ3) is 4.65. The molecule has 1 aromatic rings. The van der Waals surface area contributed by atoms with Crippen molar-refractivity contribution in [3.8, 4) is 0 Å². The summed E-state index contributed by atoms with van der Waals surface area (Å²) in [7, 11) is 0. The van der Waals surface area contributed by atoms with E-state index in [2.05, 4.69) is 16.0 Å². The number of hydrogen-bond donors (Lipinski definition) is 3. The van der Waals surface area contributed by atoms with Gasteiger partial charge in [0.1, 0.15) is 0 Å². The number of carbonyl (C=O) groups excluding carboxylic acids is 1. The van der Waals surface area contributed by atoms with Gasteiger partial charge in [0.25, 0.3) is 0 Å². The summed E-state index contributed by atoms with van der Waals surface area (Å²) in [5.74, 6) is 1.76. The lowest BCUT2D eigenvalue weighted by molar-refractivity contribution is -0.121. The molecule has 0 radical (unpaired) electrons. The molecule has 3 atom stereocenters. The van der Waals surface area contributed by atoms with Gasteiger partial charge in [-0.2, -0.15) is 0 Å². The summed E-state index contributed by atoms with van der Waals surface area (Å²) in [4.78, 5) is 18.4. The van der Waals surface area contributed by atoms with Crippen LogP contribution in [0, 0.1) is 11.8 Å². The molecule has 0 spiro atoms. The van der Waals surface area contributed by atoms with Gasteiger partial charge in [0, 0.05) is 30.3 Å². The minimum absolute atomic E-state index is 0.196. The van der Waals surface area contributed by atoms with Crippen molar-refractivity contribution in [3.05, 3.63) is 15.6 Å². The molecule has 2 saturated heterocycles. The molecule has 144 valence electrons. The van der Waals surface area contributed by atoms with Crippen LogP contribution in [-0.2, 0) is 24.1 Å². The van der Waals surface area contributed by atoms with E-state index >= 15 is 0 Å². The zero-order chi connectivity index (χ0) is 17.8. The number of fused-ring (bicyclic) bond motifs is 3. The van der Waals surface area contributed by atoms with Gasteiger partial charge in [-0.3, -0.25) is 4.79 Å². The Labute approximate surface area is 160 Å². The van der Waals surface area contributed by atoms with Gasteiger partial charge in [-0.25, -0.2) is 4.98 Å². The van der Waals surface area contributed by atoms with Crippen LogP contribution in [0.1, 0.15) is 54.1 Å². The summed E-state index contributed by atoms with van der Waals surface area (Å²) in [6.07, 6.45) is 9.91. The molecule has 5 nitrogen and oxygen atoms in total. The van der Waals surface area contributed by atoms with E-state index in [-0.39, 0.29) is 5.91 Å². The van der Waals surface area contributed by atoms with Crippen LogP contribution >= 0.6 is 11.3 Å². The highest BCUT2D eigenvalue weighted by atomic mass is 32.1. The van der Waals surface area contributed by atoms with Gasteiger partial charge in [-0.05, 0) is 76.4 Å². The van der Waals surface area contributed by atoms with Crippen molar-refractivity contribution < 1.29 is 4.79 Å². The molecule has 2 aliphatic heterocycles. The van der Waals surface area contributed by atoms with Crippen LogP contribution in [0.3, 0.4) is 0 Å². The number of piperidine rings is 2. The number of aryl methyl sites for hydroxylation is 2. The highest BCUT2D eigenvalue weighted by molar-refractivity contribution is 7.11. The average molecular weight is 377 g/mol. The Morgan fingerprint density at radius 3 is 3.08 bits per heavy atom. The zero-order valence-electron chi connectivity index (χ0n) is 15.7. The third-order valence-electron chi connectivity index (χ3n) is 6.18. The summed E-state index contributed by atoms with van der Waals surface area (Å²) in [6, 6.07) is 0.591. The van der Waals surface area contributed by atoms with E-state index in [0.29, 0.717) is 12.5 Å². The molecular weight excluding hydrogens is 344 g/mol. The molecule has 0 aromatic carbocycles. The highest BCUT2D eigenvalue weighted by Crippen LogP contribution is 2.27. The Hall–Kier alpha value is -0.980. The van der Waals surface area contributed by atoms with E-state index in [9.17, 15) is 4.79 Å². The Morgan fingerprint density at radius 1 is 1.23 bits per heavy atom. The maximum Gasteiger partial charge on any atom is 0.220 e. The maximum atomic E-state index is 12.1. The summed E-state index contributed by atoms with van der Waals surface area (Å²) < 4.78 is 0. The van der Waals surface area contributed by atoms with Gasteiger partial charge >= 0.3 is 0 Å². The van der Waals surface area contributed by atoms with Crippen LogP contribution in [0.15, 0.2) is 0 Å². The second kappa shape index (κ2) is 8.81. The molecule has 0 unspecified atom stereocenters. The fourth-order valence-corrected chi connectivity index (χ4v) is 5.90. The quantitative estimate of drug-likeness (QED) is 0.681. The number of amides is 1. The fourth-order valence-electron chi connectivity index (χ4n) is 4.74. The van der Waals surface area contributed by atoms with Gasteiger partial charge in [0.15, 0.2) is 0 Å². The molecule has 6 heteroatoms. The van der Waals surface area contributed by atoms with Crippen LogP contribution < -0.4 is 16.0 Å². The first kappa shape index (κ1) is 18.4. The van der Waals surface area contributed by atoms with E-state index < -0.39 is 0 Å².